The standard InChI is InChI=1S/C29H41N7O6/c1-17(2)24(27(40)34-22(28(41)42)9-6-14-33-29(31)32)36-26(39)23(16-19-10-12-20(37)13-11-19)35-25(38)21(30)15-18-7-4-3-5-8-18/h3-5,7-8,10-13,17,21-24,37H,6,9,14-16,30H2,1-2H3,(H,34,40)(H,35,38)(H,36,39)(H,41,42)(H4,31,32,33). The number of phenols is 1. The third-order valence-electron chi connectivity index (χ3n) is 6.45. The molecule has 2 rings (SSSR count). The van der Waals surface area contributed by atoms with Crippen LogP contribution in [0, 0.1) is 5.92 Å². The number of nitrogens with one attached hydrogen (secondary N) is 3. The van der Waals surface area contributed by atoms with Gasteiger partial charge in [-0.05, 0) is 48.4 Å². The van der Waals surface area contributed by atoms with E-state index in [0.717, 1.165) is 5.56 Å². The van der Waals surface area contributed by atoms with Crippen LogP contribution in [0.2, 0.25) is 0 Å². The summed E-state index contributed by atoms with van der Waals surface area (Å²) in [7, 11) is 0. The average Bonchev–Trinajstić information content (AvgIpc) is 2.93. The molecule has 0 saturated heterocycles. The molecule has 13 nitrogen and oxygen atoms in total. The number of nitrogens with zero attached hydrogens (tertiary/aromatic N) is 1. The molecule has 0 aliphatic rings. The molecule has 2 aromatic rings. The molecule has 0 bridgehead atoms. The number of carbonyl (C=O) groups excluding carboxylic acids is 3. The smallest absolute Gasteiger partial charge is 0.326 e. The van der Waals surface area contributed by atoms with E-state index >= 15 is 0 Å². The van der Waals surface area contributed by atoms with E-state index < -0.39 is 53.8 Å². The van der Waals surface area contributed by atoms with E-state index in [4.69, 9.17) is 17.2 Å². The molecule has 0 heterocycles. The zero-order valence-electron chi connectivity index (χ0n) is 23.8. The van der Waals surface area contributed by atoms with E-state index in [1.807, 2.05) is 30.3 Å². The van der Waals surface area contributed by atoms with Crippen molar-refractivity contribution in [2.75, 3.05) is 6.54 Å². The summed E-state index contributed by atoms with van der Waals surface area (Å²) in [5.41, 5.74) is 18.2. The van der Waals surface area contributed by atoms with E-state index in [2.05, 4.69) is 20.9 Å². The van der Waals surface area contributed by atoms with Gasteiger partial charge >= 0.3 is 5.97 Å². The highest BCUT2D eigenvalue weighted by Gasteiger charge is 2.32. The van der Waals surface area contributed by atoms with Crippen LogP contribution >= 0.6 is 0 Å². The van der Waals surface area contributed by atoms with Crippen molar-refractivity contribution in [2.45, 2.75) is 63.7 Å². The lowest BCUT2D eigenvalue weighted by Gasteiger charge is -2.27. The number of aliphatic imine (C=N–C) groups is 1. The van der Waals surface area contributed by atoms with E-state index in [0.29, 0.717) is 12.0 Å². The van der Waals surface area contributed by atoms with Gasteiger partial charge in [-0.15, -0.1) is 0 Å². The zero-order chi connectivity index (χ0) is 31.2. The first kappa shape index (κ1) is 33.6. The maximum Gasteiger partial charge on any atom is 0.326 e. The van der Waals surface area contributed by atoms with Crippen molar-refractivity contribution in [1.82, 2.24) is 16.0 Å². The molecule has 0 aliphatic carbocycles. The lowest BCUT2D eigenvalue weighted by molar-refractivity contribution is -0.142. The Labute approximate surface area is 244 Å². The number of guanidine groups is 1. The van der Waals surface area contributed by atoms with Gasteiger partial charge in [-0.1, -0.05) is 56.3 Å². The summed E-state index contributed by atoms with van der Waals surface area (Å²) in [5.74, 6) is -3.66. The van der Waals surface area contributed by atoms with E-state index in [1.165, 1.54) is 12.1 Å². The van der Waals surface area contributed by atoms with Gasteiger partial charge < -0.3 is 43.4 Å². The van der Waals surface area contributed by atoms with Gasteiger partial charge in [0.25, 0.3) is 0 Å². The number of nitrogens with two attached hydrogens (primary N) is 3. The highest BCUT2D eigenvalue weighted by Crippen LogP contribution is 2.13. The lowest BCUT2D eigenvalue weighted by atomic mass is 9.99. The van der Waals surface area contributed by atoms with Gasteiger partial charge in [-0.3, -0.25) is 19.4 Å². The number of carboxylic acid groups (broad SMARTS) is 1. The summed E-state index contributed by atoms with van der Waals surface area (Å²) in [6, 6.07) is 10.9. The first-order chi connectivity index (χ1) is 19.9. The van der Waals surface area contributed by atoms with Crippen LogP contribution in [0.4, 0.5) is 0 Å². The summed E-state index contributed by atoms with van der Waals surface area (Å²) in [4.78, 5) is 55.2. The molecule has 0 aromatic heterocycles. The van der Waals surface area contributed by atoms with Crippen molar-refractivity contribution in [3.8, 4) is 5.75 Å². The second kappa shape index (κ2) is 16.6. The highest BCUT2D eigenvalue weighted by atomic mass is 16.4. The zero-order valence-corrected chi connectivity index (χ0v) is 23.8. The van der Waals surface area contributed by atoms with E-state index in [9.17, 15) is 29.4 Å². The third kappa shape index (κ3) is 11.5. The summed E-state index contributed by atoms with van der Waals surface area (Å²) in [5, 5.41) is 27.1. The number of phenolic OH excluding ortho intramolecular Hbond substituents is 1. The van der Waals surface area contributed by atoms with Crippen LogP contribution in [0.15, 0.2) is 59.6 Å². The fraction of sp³-hybridized carbons (Fsp3) is 0.414. The predicted molar refractivity (Wildman–Crippen MR) is 158 cm³/mol. The van der Waals surface area contributed by atoms with Gasteiger partial charge in [-0.2, -0.15) is 0 Å². The number of benzene rings is 2. The molecule has 0 spiro atoms. The molecule has 4 atom stereocenters. The molecule has 2 aromatic carbocycles. The number of carboxylic acids is 1. The molecular formula is C29H41N7O6. The van der Waals surface area contributed by atoms with Crippen LogP contribution in [-0.2, 0) is 32.0 Å². The Hall–Kier alpha value is -4.65. The molecule has 13 heteroatoms. The molecule has 11 N–H and O–H groups in total. The maximum atomic E-state index is 13.5. The first-order valence-corrected chi connectivity index (χ1v) is 13.6. The van der Waals surface area contributed by atoms with E-state index in [-0.39, 0.29) is 37.5 Å². The van der Waals surface area contributed by atoms with Crippen molar-refractivity contribution < 1.29 is 29.4 Å². The normalized spacial score (nSPS) is 13.7. The Morgan fingerprint density at radius 2 is 1.40 bits per heavy atom. The number of hydrogen-bond donors (Lipinski definition) is 8. The van der Waals surface area contributed by atoms with Gasteiger partial charge in [0.05, 0.1) is 6.04 Å². The van der Waals surface area contributed by atoms with Crippen LogP contribution in [0.25, 0.3) is 0 Å². The largest absolute Gasteiger partial charge is 0.508 e. The molecule has 228 valence electrons. The second-order valence-electron chi connectivity index (χ2n) is 10.3. The Morgan fingerprint density at radius 1 is 0.810 bits per heavy atom. The van der Waals surface area contributed by atoms with Crippen LogP contribution in [0.1, 0.15) is 37.8 Å². The molecule has 0 aliphatic heterocycles. The predicted octanol–water partition coefficient (Wildman–Crippen LogP) is -0.247. The summed E-state index contributed by atoms with van der Waals surface area (Å²) in [6.45, 7) is 3.59. The molecule has 0 fully saturated rings. The second-order valence-corrected chi connectivity index (χ2v) is 10.3. The minimum Gasteiger partial charge on any atom is -0.508 e. The molecular weight excluding hydrogens is 542 g/mol. The van der Waals surface area contributed by atoms with Crippen LogP contribution in [0.3, 0.4) is 0 Å². The maximum absolute atomic E-state index is 13.5. The summed E-state index contributed by atoms with van der Waals surface area (Å²) < 4.78 is 0. The molecule has 4 unspecified atom stereocenters. The Kier molecular flexibility index (Phi) is 13.2. The number of amides is 3. The Morgan fingerprint density at radius 3 is 1.98 bits per heavy atom. The van der Waals surface area contributed by atoms with Crippen LogP contribution in [-0.4, -0.2) is 70.6 Å². The lowest BCUT2D eigenvalue weighted by Crippen LogP contribution is -2.59. The monoisotopic (exact) mass is 583 g/mol. The van der Waals surface area contributed by atoms with Crippen molar-refractivity contribution in [3.05, 3.63) is 65.7 Å². The Balaban J connectivity index is 2.17. The minimum absolute atomic E-state index is 0.0384. The summed E-state index contributed by atoms with van der Waals surface area (Å²) in [6.07, 6.45) is 0.662. The number of hydrogen-bond acceptors (Lipinski definition) is 7. The van der Waals surface area contributed by atoms with Gasteiger partial charge in [0, 0.05) is 13.0 Å². The van der Waals surface area contributed by atoms with Crippen molar-refractivity contribution in [3.63, 3.8) is 0 Å². The molecule has 3 amide bonds. The topological polar surface area (TPSA) is 235 Å². The van der Waals surface area contributed by atoms with Gasteiger partial charge in [0.15, 0.2) is 5.96 Å². The number of aliphatic carboxylic acids is 1. The fourth-order valence-electron chi connectivity index (χ4n) is 4.13. The number of carbonyl (C=O) groups is 4. The SMILES string of the molecule is CC(C)C(NC(=O)C(Cc1ccc(O)cc1)NC(=O)C(N)Cc1ccccc1)C(=O)NC(CCCN=C(N)N)C(=O)O. The van der Waals surface area contributed by atoms with Gasteiger partial charge in [0.2, 0.25) is 17.7 Å². The van der Waals surface area contributed by atoms with Crippen molar-refractivity contribution in [1.29, 1.82) is 0 Å². The average molecular weight is 584 g/mol. The van der Waals surface area contributed by atoms with Crippen molar-refractivity contribution >= 4 is 29.7 Å². The van der Waals surface area contributed by atoms with Crippen LogP contribution in [0.5, 0.6) is 5.75 Å². The Bertz CT molecular complexity index is 1220. The van der Waals surface area contributed by atoms with Gasteiger partial charge in [-0.25, -0.2) is 4.79 Å². The fourth-order valence-corrected chi connectivity index (χ4v) is 4.13. The van der Waals surface area contributed by atoms with Crippen molar-refractivity contribution in [2.24, 2.45) is 28.1 Å². The van der Waals surface area contributed by atoms with Crippen LogP contribution < -0.4 is 33.2 Å². The number of aromatic hydroxyl groups is 1. The van der Waals surface area contributed by atoms with Gasteiger partial charge in [0.1, 0.15) is 23.9 Å². The number of rotatable bonds is 16. The molecule has 42 heavy (non-hydrogen) atoms. The first-order valence-electron chi connectivity index (χ1n) is 13.6. The summed E-state index contributed by atoms with van der Waals surface area (Å²) >= 11 is 0. The quantitative estimate of drug-likeness (QED) is 0.0738. The molecule has 0 radical (unpaired) electrons. The molecule has 0 saturated carbocycles. The third-order valence-corrected chi connectivity index (χ3v) is 6.45. The highest BCUT2D eigenvalue weighted by molar-refractivity contribution is 5.94. The minimum atomic E-state index is -1.24. The van der Waals surface area contributed by atoms with E-state index in [1.54, 1.807) is 26.0 Å².